The van der Waals surface area contributed by atoms with Gasteiger partial charge in [0.2, 0.25) is 5.78 Å². The summed E-state index contributed by atoms with van der Waals surface area (Å²) in [6.07, 6.45) is -4.52. The summed E-state index contributed by atoms with van der Waals surface area (Å²) >= 11 is 0. The molecule has 0 saturated carbocycles. The van der Waals surface area contributed by atoms with E-state index >= 15 is 0 Å². The molecule has 0 aromatic heterocycles. The Bertz CT molecular complexity index is 1920. The molecule has 0 fully saturated rings. The summed E-state index contributed by atoms with van der Waals surface area (Å²) in [5.41, 5.74) is 0.789. The minimum atomic E-state index is -4.69. The van der Waals surface area contributed by atoms with Crippen LogP contribution in [-0.2, 0) is 28.7 Å². The van der Waals surface area contributed by atoms with Crippen molar-refractivity contribution in [3.05, 3.63) is 87.9 Å². The van der Waals surface area contributed by atoms with Crippen LogP contribution in [0.3, 0.4) is 0 Å². The molecule has 6 N–H and O–H groups in total. The molecule has 0 spiro atoms. The zero-order valence-corrected chi connectivity index (χ0v) is 28.1. The van der Waals surface area contributed by atoms with Crippen LogP contribution >= 0.6 is 0 Å². The van der Waals surface area contributed by atoms with E-state index in [4.69, 9.17) is 10.5 Å². The first-order chi connectivity index (χ1) is 23.7. The first-order valence-corrected chi connectivity index (χ1v) is 15.7. The van der Waals surface area contributed by atoms with Gasteiger partial charge in [-0.05, 0) is 62.7 Å². The molecule has 3 aliphatic carbocycles. The maximum atomic E-state index is 14.3. The Hall–Kier alpha value is -5.35. The number of ether oxygens (including phenoxy) is 1. The number of anilines is 1. The second-order valence-corrected chi connectivity index (χ2v) is 13.2. The number of likely N-dealkylation sites (N-methyl/N-ethyl adjacent to an activating group) is 1. The molecule has 51 heavy (non-hydrogen) atoms. The summed E-state index contributed by atoms with van der Waals surface area (Å²) in [6.45, 7) is 3.01. The van der Waals surface area contributed by atoms with Gasteiger partial charge >= 0.3 is 12.3 Å². The van der Waals surface area contributed by atoms with Crippen LogP contribution in [0.1, 0.15) is 33.5 Å². The lowest BCUT2D eigenvalue weighted by Gasteiger charge is -2.50. The molecule has 272 valence electrons. The van der Waals surface area contributed by atoms with E-state index in [0.29, 0.717) is 17.3 Å². The summed E-state index contributed by atoms with van der Waals surface area (Å²) in [5, 5.41) is 46.1. The normalized spacial score (nSPS) is 23.0. The van der Waals surface area contributed by atoms with Gasteiger partial charge in [-0.1, -0.05) is 12.1 Å². The number of aliphatic hydroxyl groups excluding tert-OH is 2. The van der Waals surface area contributed by atoms with Crippen molar-refractivity contribution in [2.45, 2.75) is 37.2 Å². The van der Waals surface area contributed by atoms with Gasteiger partial charge in [0.15, 0.2) is 11.4 Å². The van der Waals surface area contributed by atoms with Gasteiger partial charge in [0.05, 0.1) is 23.7 Å². The number of halogens is 3. The van der Waals surface area contributed by atoms with Gasteiger partial charge in [0, 0.05) is 43.4 Å². The summed E-state index contributed by atoms with van der Waals surface area (Å²) in [6, 6.07) is 4.09. The molecule has 0 radical (unpaired) electrons. The van der Waals surface area contributed by atoms with Gasteiger partial charge in [0.25, 0.3) is 5.91 Å². The molecule has 0 saturated heterocycles. The van der Waals surface area contributed by atoms with Gasteiger partial charge in [-0.15, -0.1) is 6.58 Å². The number of fused-ring (bicyclic) bond motifs is 3. The fraction of sp³-hybridized carbons (Fsp3) is 0.371. The second kappa shape index (κ2) is 13.1. The van der Waals surface area contributed by atoms with Crippen LogP contribution in [-0.4, -0.2) is 100 Å². The first-order valence-electron chi connectivity index (χ1n) is 15.7. The lowest BCUT2D eigenvalue weighted by atomic mass is 9.58. The molecular formula is C35H37F3N4O9. The highest BCUT2D eigenvalue weighted by Gasteiger charge is 2.63. The number of alkyl halides is 3. The first kappa shape index (κ1) is 36.9. The number of carbonyl (C=O) groups excluding carboxylic acids is 4. The third kappa shape index (κ3) is 6.07. The quantitative estimate of drug-likeness (QED) is 0.199. The van der Waals surface area contributed by atoms with Crippen molar-refractivity contribution in [2.75, 3.05) is 39.6 Å². The number of nitrogens with zero attached hydrogens (tertiary/aromatic N) is 3. The van der Waals surface area contributed by atoms with Crippen LogP contribution in [0.4, 0.5) is 23.7 Å². The molecule has 0 bridgehead atoms. The molecular weight excluding hydrogens is 677 g/mol. The van der Waals surface area contributed by atoms with Crippen LogP contribution in [0.25, 0.3) is 0 Å². The number of aliphatic hydroxyl groups is 3. The molecule has 4 unspecified atom stereocenters. The predicted octanol–water partition coefficient (Wildman–Crippen LogP) is 3.39. The zero-order valence-electron chi connectivity index (χ0n) is 28.1. The van der Waals surface area contributed by atoms with Crippen molar-refractivity contribution in [1.29, 1.82) is 0 Å². The lowest BCUT2D eigenvalue weighted by molar-refractivity contribution is -0.148. The number of carbonyl (C=O) groups is 4. The number of phenolic OH excluding ortho intramolecular Hbond substituents is 1. The Kier molecular flexibility index (Phi) is 9.47. The van der Waals surface area contributed by atoms with Crippen molar-refractivity contribution in [3.63, 3.8) is 0 Å². The molecule has 13 nitrogen and oxygen atoms in total. The minimum Gasteiger partial charge on any atom is -0.510 e. The molecule has 2 aromatic carbocycles. The van der Waals surface area contributed by atoms with E-state index in [-0.39, 0.29) is 41.8 Å². The van der Waals surface area contributed by atoms with Crippen molar-refractivity contribution in [2.24, 2.45) is 17.6 Å². The van der Waals surface area contributed by atoms with E-state index < -0.39 is 88.2 Å². The van der Waals surface area contributed by atoms with Crippen molar-refractivity contribution < 1.29 is 57.5 Å². The molecule has 16 heteroatoms. The van der Waals surface area contributed by atoms with E-state index in [1.54, 1.807) is 19.0 Å². The number of hydrogen-bond acceptors (Lipinski definition) is 11. The Balaban J connectivity index is 1.59. The van der Waals surface area contributed by atoms with Gasteiger partial charge in [-0.25, -0.2) is 4.79 Å². The molecule has 3 aliphatic rings. The number of amides is 2. The number of ketones is 2. The Morgan fingerprint density at radius 1 is 1.12 bits per heavy atom. The molecule has 2 aromatic rings. The van der Waals surface area contributed by atoms with E-state index in [1.165, 1.54) is 37.2 Å². The molecule has 2 amide bonds. The highest BCUT2D eigenvalue weighted by atomic mass is 19.4. The van der Waals surface area contributed by atoms with Gasteiger partial charge in [-0.2, -0.15) is 13.2 Å². The molecule has 4 atom stereocenters. The number of rotatable bonds is 8. The lowest BCUT2D eigenvalue weighted by Crippen LogP contribution is -2.63. The topological polar surface area (TPSA) is 194 Å². The molecule has 0 heterocycles. The van der Waals surface area contributed by atoms with Crippen LogP contribution < -0.4 is 15.4 Å². The van der Waals surface area contributed by atoms with Crippen molar-refractivity contribution in [1.82, 2.24) is 9.80 Å². The fourth-order valence-electron chi connectivity index (χ4n) is 7.34. The zero-order chi connectivity index (χ0) is 37.9. The highest BCUT2D eigenvalue weighted by molar-refractivity contribution is 6.25. The van der Waals surface area contributed by atoms with Crippen molar-refractivity contribution in [3.8, 4) is 11.5 Å². The van der Waals surface area contributed by atoms with Crippen LogP contribution in [0, 0.1) is 11.8 Å². The second-order valence-electron chi connectivity index (χ2n) is 13.2. The van der Waals surface area contributed by atoms with Crippen LogP contribution in [0.5, 0.6) is 11.5 Å². The van der Waals surface area contributed by atoms with Gasteiger partial charge in [-0.3, -0.25) is 24.2 Å². The number of allylic oxidation sites excluding steroid dienone is 1. The van der Waals surface area contributed by atoms with Gasteiger partial charge < -0.3 is 35.8 Å². The smallest absolute Gasteiger partial charge is 0.416 e. The van der Waals surface area contributed by atoms with E-state index in [2.05, 4.69) is 6.58 Å². The maximum Gasteiger partial charge on any atom is 0.416 e. The van der Waals surface area contributed by atoms with E-state index in [9.17, 15) is 52.8 Å². The number of hydrogen-bond donors (Lipinski definition) is 5. The number of aromatic hydroxyl groups is 1. The largest absolute Gasteiger partial charge is 0.510 e. The Morgan fingerprint density at radius 3 is 2.35 bits per heavy atom. The third-order valence-corrected chi connectivity index (χ3v) is 9.60. The standard InChI is InChI=1S/C35H37F3N4O9/c1-6-10-42(33(49)51-19-9-7-8-18(14-19)35(36,37)38)15-17-13-22(40(2)3)20-11-16-12-21-26(41(4)5)29(45)25(32(39)48)31(47)34(21,50)30(46)23(16)28(44)24(20)27(17)43/h6-9,13-14,16,21,26,43,45-46,50H,1,10-12,15H2,2-5H3,(H2,39,48). The Morgan fingerprint density at radius 2 is 1.78 bits per heavy atom. The third-order valence-electron chi connectivity index (χ3n) is 9.60. The van der Waals surface area contributed by atoms with Gasteiger partial charge in [0.1, 0.15) is 28.6 Å². The average Bonchev–Trinajstić information content (AvgIpc) is 3.02. The number of primary amides is 1. The van der Waals surface area contributed by atoms with Crippen molar-refractivity contribution >= 4 is 29.3 Å². The SMILES string of the molecule is C=CCN(Cc1cc(N(C)C)c2c(c1O)C(=O)C1=C(O)C3(O)C(=O)C(C(N)=O)=C(O)C(N(C)C)C3CC1C2)C(=O)Oc1cccc(C(F)(F)F)c1. The average molecular weight is 715 g/mol. The summed E-state index contributed by atoms with van der Waals surface area (Å²) in [4.78, 5) is 57.5. The number of phenols is 1. The van der Waals surface area contributed by atoms with Crippen LogP contribution in [0.15, 0.2) is 65.7 Å². The number of benzene rings is 2. The van der Waals surface area contributed by atoms with E-state index in [0.717, 1.165) is 17.0 Å². The number of nitrogens with two attached hydrogens (primary N) is 1. The van der Waals surface area contributed by atoms with Crippen LogP contribution in [0.2, 0.25) is 0 Å². The molecule has 5 rings (SSSR count). The molecule has 0 aliphatic heterocycles. The highest BCUT2D eigenvalue weighted by Crippen LogP contribution is 2.53. The Labute approximate surface area is 290 Å². The summed E-state index contributed by atoms with van der Waals surface area (Å²) < 4.78 is 45.0. The summed E-state index contributed by atoms with van der Waals surface area (Å²) in [7, 11) is 6.40. The monoisotopic (exact) mass is 714 g/mol. The predicted molar refractivity (Wildman–Crippen MR) is 176 cm³/mol. The maximum absolute atomic E-state index is 14.3. The fourth-order valence-corrected chi connectivity index (χ4v) is 7.34. The number of Topliss-reactive ketones (excluding diaryl/α,β-unsaturated/α-hetero) is 2. The summed E-state index contributed by atoms with van der Waals surface area (Å²) in [5.74, 6) is -8.34. The van der Waals surface area contributed by atoms with E-state index in [1.807, 2.05) is 0 Å². The minimum absolute atomic E-state index is 0.0184.